The highest BCUT2D eigenvalue weighted by atomic mass is 35.5. The smallest absolute Gasteiger partial charge is 0.226 e. The first-order valence-corrected chi connectivity index (χ1v) is 3.92. The van der Waals surface area contributed by atoms with Crippen LogP contribution in [0.2, 0.25) is 0 Å². The molecule has 0 spiro atoms. The van der Waals surface area contributed by atoms with Crippen molar-refractivity contribution in [2.45, 2.75) is 6.42 Å². The number of azide groups is 1. The minimum Gasteiger partial charge on any atom is -0.281 e. The van der Waals surface area contributed by atoms with Gasteiger partial charge in [0.05, 0.1) is 0 Å². The van der Waals surface area contributed by atoms with Gasteiger partial charge >= 0.3 is 0 Å². The van der Waals surface area contributed by atoms with E-state index < -0.39 is 5.24 Å². The summed E-state index contributed by atoms with van der Waals surface area (Å²) in [6, 6.07) is 6.73. The number of carbonyl (C=O) groups is 1. The van der Waals surface area contributed by atoms with Crippen LogP contribution in [0, 0.1) is 0 Å². The summed E-state index contributed by atoms with van der Waals surface area (Å²) < 4.78 is 0. The fourth-order valence-electron chi connectivity index (χ4n) is 0.941. The third-order valence-corrected chi connectivity index (χ3v) is 1.55. The maximum atomic E-state index is 10.5. The van der Waals surface area contributed by atoms with E-state index in [1.807, 2.05) is 0 Å². The molecule has 0 aliphatic rings. The largest absolute Gasteiger partial charge is 0.281 e. The maximum Gasteiger partial charge on any atom is 0.226 e. The highest BCUT2D eigenvalue weighted by Gasteiger charge is 1.99. The summed E-state index contributed by atoms with van der Waals surface area (Å²) in [7, 11) is 0. The number of rotatable bonds is 3. The van der Waals surface area contributed by atoms with E-state index in [9.17, 15) is 4.79 Å². The zero-order valence-electron chi connectivity index (χ0n) is 6.64. The van der Waals surface area contributed by atoms with E-state index >= 15 is 0 Å². The summed E-state index contributed by atoms with van der Waals surface area (Å²) in [5.41, 5.74) is 9.38. The summed E-state index contributed by atoms with van der Waals surface area (Å²) in [5, 5.41) is 2.97. The molecular weight excluding hydrogens is 190 g/mol. The van der Waals surface area contributed by atoms with Gasteiger partial charge in [-0.1, -0.05) is 23.3 Å². The fraction of sp³-hybridized carbons (Fsp3) is 0.125. The van der Waals surface area contributed by atoms with Crippen molar-refractivity contribution in [3.63, 3.8) is 0 Å². The van der Waals surface area contributed by atoms with Gasteiger partial charge in [0.15, 0.2) is 0 Å². The third kappa shape index (κ3) is 3.15. The first kappa shape index (κ1) is 9.58. The molecule has 4 nitrogen and oxygen atoms in total. The summed E-state index contributed by atoms with van der Waals surface area (Å²) in [4.78, 5) is 13.2. The quantitative estimate of drug-likeness (QED) is 0.317. The van der Waals surface area contributed by atoms with Crippen molar-refractivity contribution in [1.82, 2.24) is 0 Å². The fourth-order valence-corrected chi connectivity index (χ4v) is 1.10. The molecule has 1 rings (SSSR count). The van der Waals surface area contributed by atoms with Crippen molar-refractivity contribution in [3.05, 3.63) is 40.3 Å². The molecule has 0 aliphatic carbocycles. The van der Waals surface area contributed by atoms with Crippen LogP contribution >= 0.6 is 11.6 Å². The van der Waals surface area contributed by atoms with Gasteiger partial charge in [-0.25, -0.2) is 0 Å². The minimum absolute atomic E-state index is 0.149. The average Bonchev–Trinajstić information content (AvgIpc) is 2.04. The third-order valence-electron chi connectivity index (χ3n) is 1.41. The monoisotopic (exact) mass is 195 g/mol. The minimum atomic E-state index is -0.432. The first-order chi connectivity index (χ1) is 6.22. The molecule has 0 unspecified atom stereocenters. The zero-order chi connectivity index (χ0) is 9.68. The van der Waals surface area contributed by atoms with Crippen LogP contribution in [-0.2, 0) is 11.2 Å². The van der Waals surface area contributed by atoms with Gasteiger partial charge in [-0.2, -0.15) is 0 Å². The molecule has 0 saturated carbocycles. The van der Waals surface area contributed by atoms with Crippen molar-refractivity contribution in [2.75, 3.05) is 0 Å². The predicted molar refractivity (Wildman–Crippen MR) is 49.8 cm³/mol. The Labute approximate surface area is 79.8 Å². The van der Waals surface area contributed by atoms with Crippen LogP contribution in [0.15, 0.2) is 29.4 Å². The Morgan fingerprint density at radius 2 is 2.38 bits per heavy atom. The average molecular weight is 196 g/mol. The van der Waals surface area contributed by atoms with Crippen molar-refractivity contribution in [3.8, 4) is 0 Å². The number of carbonyl (C=O) groups excluding carboxylic acids is 1. The lowest BCUT2D eigenvalue weighted by molar-refractivity contribution is -0.111. The highest BCUT2D eigenvalue weighted by Crippen LogP contribution is 2.14. The van der Waals surface area contributed by atoms with Gasteiger partial charge in [-0.3, -0.25) is 4.79 Å². The number of halogens is 1. The van der Waals surface area contributed by atoms with E-state index in [4.69, 9.17) is 17.1 Å². The van der Waals surface area contributed by atoms with E-state index in [1.165, 1.54) is 0 Å². The Morgan fingerprint density at radius 3 is 3.00 bits per heavy atom. The standard InChI is InChI=1S/C8H6ClN3O/c9-8(13)5-6-2-1-3-7(4-6)11-12-10/h1-4H,5H2. The predicted octanol–water partition coefficient (Wildman–Crippen LogP) is 2.94. The van der Waals surface area contributed by atoms with E-state index in [0.29, 0.717) is 5.69 Å². The van der Waals surface area contributed by atoms with Crippen LogP contribution in [0.25, 0.3) is 10.4 Å². The molecule has 1 aromatic rings. The van der Waals surface area contributed by atoms with Gasteiger partial charge in [0.2, 0.25) is 5.24 Å². The summed E-state index contributed by atoms with van der Waals surface area (Å²) in [6.45, 7) is 0. The molecule has 0 atom stereocenters. The van der Waals surface area contributed by atoms with Crippen LogP contribution in [-0.4, -0.2) is 5.24 Å². The van der Waals surface area contributed by atoms with Crippen molar-refractivity contribution < 1.29 is 4.79 Å². The Balaban J connectivity index is 2.91. The lowest BCUT2D eigenvalue weighted by Gasteiger charge is -1.96. The van der Waals surface area contributed by atoms with Gasteiger partial charge in [0.25, 0.3) is 0 Å². The van der Waals surface area contributed by atoms with Gasteiger partial charge in [-0.15, -0.1) is 0 Å². The molecule has 0 aromatic heterocycles. The molecule has 0 aliphatic heterocycles. The van der Waals surface area contributed by atoms with Crippen LogP contribution in [0.3, 0.4) is 0 Å². The van der Waals surface area contributed by atoms with Gasteiger partial charge in [-0.05, 0) is 28.8 Å². The SMILES string of the molecule is [N-]=[N+]=Nc1cccc(CC(=O)Cl)c1. The van der Waals surface area contributed by atoms with E-state index in [2.05, 4.69) is 10.0 Å². The molecule has 0 N–H and O–H groups in total. The Kier molecular flexibility index (Phi) is 3.31. The molecular formula is C8H6ClN3O. The number of benzene rings is 1. The lowest BCUT2D eigenvalue weighted by atomic mass is 10.1. The number of hydrogen-bond donors (Lipinski definition) is 0. The van der Waals surface area contributed by atoms with Crippen LogP contribution < -0.4 is 0 Å². The van der Waals surface area contributed by atoms with Gasteiger partial charge < -0.3 is 0 Å². The Bertz CT molecular complexity index is 371. The molecule has 66 valence electrons. The van der Waals surface area contributed by atoms with E-state index in [1.54, 1.807) is 24.3 Å². The van der Waals surface area contributed by atoms with E-state index in [-0.39, 0.29) is 6.42 Å². The molecule has 0 amide bonds. The summed E-state index contributed by atoms with van der Waals surface area (Å²) >= 11 is 5.20. The second-order valence-electron chi connectivity index (χ2n) is 2.39. The molecule has 0 saturated heterocycles. The van der Waals surface area contributed by atoms with Gasteiger partial charge in [0, 0.05) is 17.0 Å². The van der Waals surface area contributed by atoms with Crippen LogP contribution in [0.5, 0.6) is 0 Å². The van der Waals surface area contributed by atoms with Crippen molar-refractivity contribution in [1.29, 1.82) is 0 Å². The van der Waals surface area contributed by atoms with Crippen molar-refractivity contribution >= 4 is 22.5 Å². The maximum absolute atomic E-state index is 10.5. The topological polar surface area (TPSA) is 65.8 Å². The molecule has 0 radical (unpaired) electrons. The summed E-state index contributed by atoms with van der Waals surface area (Å²) in [5.74, 6) is 0. The number of hydrogen-bond acceptors (Lipinski definition) is 2. The van der Waals surface area contributed by atoms with Crippen LogP contribution in [0.4, 0.5) is 5.69 Å². The number of nitrogens with zero attached hydrogens (tertiary/aromatic N) is 3. The Morgan fingerprint density at radius 1 is 1.62 bits per heavy atom. The summed E-state index contributed by atoms with van der Waals surface area (Å²) in [6.07, 6.45) is 0.149. The molecule has 5 heteroatoms. The highest BCUT2D eigenvalue weighted by molar-refractivity contribution is 6.63. The normalized spacial score (nSPS) is 9.00. The molecule has 1 aromatic carbocycles. The van der Waals surface area contributed by atoms with Gasteiger partial charge in [0.1, 0.15) is 0 Å². The van der Waals surface area contributed by atoms with Crippen molar-refractivity contribution in [2.24, 2.45) is 5.11 Å². The Hall–Kier alpha value is -1.51. The second-order valence-corrected chi connectivity index (χ2v) is 2.81. The molecule has 13 heavy (non-hydrogen) atoms. The lowest BCUT2D eigenvalue weighted by Crippen LogP contribution is -1.91. The molecule has 0 fully saturated rings. The van der Waals surface area contributed by atoms with Crippen LogP contribution in [0.1, 0.15) is 5.56 Å². The molecule has 0 heterocycles. The second kappa shape index (κ2) is 4.50. The molecule has 0 bridgehead atoms. The zero-order valence-corrected chi connectivity index (χ0v) is 7.40. The van der Waals surface area contributed by atoms with E-state index in [0.717, 1.165) is 5.56 Å². The first-order valence-electron chi connectivity index (χ1n) is 3.55.